The van der Waals surface area contributed by atoms with E-state index in [2.05, 4.69) is 5.10 Å². The molecule has 0 radical (unpaired) electrons. The van der Waals surface area contributed by atoms with Gasteiger partial charge >= 0.3 is 6.18 Å². The number of alkyl halides is 5. The van der Waals surface area contributed by atoms with Crippen LogP contribution in [0.15, 0.2) is 0 Å². The Morgan fingerprint density at radius 1 is 1.38 bits per heavy atom. The van der Waals surface area contributed by atoms with Crippen LogP contribution in [0.5, 0.6) is 0 Å². The molecule has 1 aromatic rings. The van der Waals surface area contributed by atoms with Crippen LogP contribution in [0.4, 0.5) is 22.0 Å². The summed E-state index contributed by atoms with van der Waals surface area (Å²) in [6.07, 6.45) is -6.21. The van der Waals surface area contributed by atoms with E-state index in [9.17, 15) is 26.7 Å². The molecule has 16 heavy (non-hydrogen) atoms. The van der Waals surface area contributed by atoms with E-state index in [1.54, 1.807) is 0 Å². The molecule has 1 heterocycles. The Kier molecular flexibility index (Phi) is 1.93. The summed E-state index contributed by atoms with van der Waals surface area (Å²) in [5.41, 5.74) is -3.63. The van der Waals surface area contributed by atoms with Crippen molar-refractivity contribution in [2.24, 2.45) is 7.05 Å². The number of aryl methyl sites for hydroxylation is 1. The highest BCUT2D eigenvalue weighted by Crippen LogP contribution is 2.47. The van der Waals surface area contributed by atoms with Crippen LogP contribution in [0.25, 0.3) is 0 Å². The maximum absolute atomic E-state index is 13.2. The first-order valence-electron chi connectivity index (χ1n) is 4.20. The van der Waals surface area contributed by atoms with Crippen molar-refractivity contribution in [2.75, 3.05) is 0 Å². The van der Waals surface area contributed by atoms with E-state index in [4.69, 9.17) is 0 Å². The second-order valence-electron chi connectivity index (χ2n) is 3.50. The van der Waals surface area contributed by atoms with Gasteiger partial charge in [-0.1, -0.05) is 0 Å². The van der Waals surface area contributed by atoms with Crippen molar-refractivity contribution in [1.29, 1.82) is 0 Å². The lowest BCUT2D eigenvalue weighted by molar-refractivity contribution is -0.145. The number of halogens is 5. The first-order valence-corrected chi connectivity index (χ1v) is 4.20. The lowest BCUT2D eigenvalue weighted by atomic mass is 10.1. The van der Waals surface area contributed by atoms with Crippen molar-refractivity contribution >= 4 is 5.78 Å². The first kappa shape index (κ1) is 11.0. The van der Waals surface area contributed by atoms with Gasteiger partial charge in [-0.3, -0.25) is 9.48 Å². The fourth-order valence-corrected chi connectivity index (χ4v) is 1.76. The number of fused-ring (bicyclic) bond motifs is 1. The number of hydrogen-bond donors (Lipinski definition) is 0. The molecule has 1 aliphatic rings. The molecule has 0 amide bonds. The number of carbonyl (C=O) groups excluding carboxylic acids is 1. The molecule has 0 aliphatic heterocycles. The molecule has 0 saturated carbocycles. The van der Waals surface area contributed by atoms with E-state index in [-0.39, 0.29) is 0 Å². The monoisotopic (exact) mass is 240 g/mol. The molecule has 8 heteroatoms. The summed E-state index contributed by atoms with van der Waals surface area (Å²) < 4.78 is 64.2. The molecule has 0 atom stereocenters. The lowest BCUT2D eigenvalue weighted by Crippen LogP contribution is -2.17. The van der Waals surface area contributed by atoms with Gasteiger partial charge in [-0.15, -0.1) is 0 Å². The number of Topliss-reactive ketones (excluding diaryl/α,β-unsaturated/α-hetero) is 1. The van der Waals surface area contributed by atoms with Gasteiger partial charge in [0.05, 0.1) is 12.0 Å². The van der Waals surface area contributed by atoms with E-state index in [1.807, 2.05) is 0 Å². The van der Waals surface area contributed by atoms with Crippen LogP contribution in [0.3, 0.4) is 0 Å². The van der Waals surface area contributed by atoms with Gasteiger partial charge in [0.2, 0.25) is 0 Å². The van der Waals surface area contributed by atoms with Crippen molar-refractivity contribution in [2.45, 2.75) is 18.5 Å². The van der Waals surface area contributed by atoms with Crippen LogP contribution in [0, 0.1) is 0 Å². The molecule has 0 fully saturated rings. The van der Waals surface area contributed by atoms with Crippen LogP contribution in [0.2, 0.25) is 0 Å². The van der Waals surface area contributed by atoms with E-state index in [0.717, 1.165) is 7.05 Å². The average Bonchev–Trinajstić information content (AvgIpc) is 2.50. The zero-order valence-corrected chi connectivity index (χ0v) is 7.90. The van der Waals surface area contributed by atoms with Gasteiger partial charge < -0.3 is 0 Å². The Labute approximate surface area is 85.8 Å². The molecule has 1 aromatic heterocycles. The summed E-state index contributed by atoms with van der Waals surface area (Å²) in [5, 5.41) is 2.94. The summed E-state index contributed by atoms with van der Waals surface area (Å²) in [6.45, 7) is 0. The highest BCUT2D eigenvalue weighted by Gasteiger charge is 2.54. The predicted octanol–water partition coefficient (Wildman–Crippen LogP) is 2.12. The molecule has 1 aliphatic carbocycles. The zero-order chi connectivity index (χ0) is 12.3. The summed E-state index contributed by atoms with van der Waals surface area (Å²) in [5.74, 6) is -4.81. The summed E-state index contributed by atoms with van der Waals surface area (Å²) >= 11 is 0. The Hall–Kier alpha value is -1.47. The highest BCUT2D eigenvalue weighted by molar-refractivity contribution is 6.00. The van der Waals surface area contributed by atoms with Crippen molar-refractivity contribution in [3.63, 3.8) is 0 Å². The molecule has 0 saturated heterocycles. The van der Waals surface area contributed by atoms with Crippen LogP contribution < -0.4 is 0 Å². The van der Waals surface area contributed by atoms with E-state index >= 15 is 0 Å². The van der Waals surface area contributed by atoms with Crippen molar-refractivity contribution in [3.8, 4) is 0 Å². The molecule has 3 nitrogen and oxygen atoms in total. The van der Waals surface area contributed by atoms with Crippen LogP contribution >= 0.6 is 0 Å². The summed E-state index contributed by atoms with van der Waals surface area (Å²) in [6, 6.07) is 0. The standard InChI is InChI=1S/C8H5F5N2O/c1-15-5-3(16)2-7(9,10)4(5)6(14-15)8(11,12)13/h2H2,1H3. The summed E-state index contributed by atoms with van der Waals surface area (Å²) in [4.78, 5) is 11.1. The molecule has 0 spiro atoms. The predicted molar refractivity (Wildman–Crippen MR) is 41.1 cm³/mol. The van der Waals surface area contributed by atoms with E-state index < -0.39 is 41.3 Å². The minimum Gasteiger partial charge on any atom is -0.292 e. The quantitative estimate of drug-likeness (QED) is 0.651. The third-order valence-electron chi connectivity index (χ3n) is 2.33. The summed E-state index contributed by atoms with van der Waals surface area (Å²) in [7, 11) is 1.04. The maximum atomic E-state index is 13.2. The van der Waals surface area contributed by atoms with Gasteiger partial charge in [-0.05, 0) is 0 Å². The lowest BCUT2D eigenvalue weighted by Gasteiger charge is -2.10. The van der Waals surface area contributed by atoms with Crippen LogP contribution in [-0.4, -0.2) is 15.6 Å². The Balaban J connectivity index is 2.75. The van der Waals surface area contributed by atoms with Crippen molar-refractivity contribution in [1.82, 2.24) is 9.78 Å². The number of aromatic nitrogens is 2. The van der Waals surface area contributed by atoms with Gasteiger partial charge in [-0.2, -0.15) is 18.3 Å². The number of carbonyl (C=O) groups is 1. The van der Waals surface area contributed by atoms with E-state index in [1.165, 1.54) is 0 Å². The minimum atomic E-state index is -4.99. The normalized spacial score (nSPS) is 19.0. The molecule has 0 unspecified atom stereocenters. The maximum Gasteiger partial charge on any atom is 0.435 e. The molecular weight excluding hydrogens is 235 g/mol. The molecule has 0 N–H and O–H groups in total. The molecule has 2 rings (SSSR count). The number of nitrogens with zero attached hydrogens (tertiary/aromatic N) is 2. The third-order valence-corrected chi connectivity index (χ3v) is 2.33. The van der Waals surface area contributed by atoms with Gasteiger partial charge in [0, 0.05) is 7.05 Å². The minimum absolute atomic E-state index is 0.557. The van der Waals surface area contributed by atoms with Crippen LogP contribution in [-0.2, 0) is 19.1 Å². The average molecular weight is 240 g/mol. The Morgan fingerprint density at radius 3 is 2.44 bits per heavy atom. The molecular formula is C8H5F5N2O. The van der Waals surface area contributed by atoms with Gasteiger partial charge in [0.15, 0.2) is 11.5 Å². The number of hydrogen-bond acceptors (Lipinski definition) is 2. The fraction of sp³-hybridized carbons (Fsp3) is 0.500. The van der Waals surface area contributed by atoms with E-state index in [0.29, 0.717) is 4.68 Å². The van der Waals surface area contributed by atoms with Gasteiger partial charge in [-0.25, -0.2) is 8.78 Å². The molecule has 0 aromatic carbocycles. The number of ketones is 1. The largest absolute Gasteiger partial charge is 0.435 e. The second-order valence-corrected chi connectivity index (χ2v) is 3.50. The Bertz CT molecular complexity index is 474. The van der Waals surface area contributed by atoms with Gasteiger partial charge in [0.25, 0.3) is 5.92 Å². The molecule has 88 valence electrons. The smallest absolute Gasteiger partial charge is 0.292 e. The third kappa shape index (κ3) is 1.32. The fourth-order valence-electron chi connectivity index (χ4n) is 1.76. The highest BCUT2D eigenvalue weighted by atomic mass is 19.4. The molecule has 0 bridgehead atoms. The first-order chi connectivity index (χ1) is 7.14. The Morgan fingerprint density at radius 2 is 1.94 bits per heavy atom. The zero-order valence-electron chi connectivity index (χ0n) is 7.90. The van der Waals surface area contributed by atoms with Crippen molar-refractivity contribution < 1.29 is 26.7 Å². The second kappa shape index (κ2) is 2.80. The van der Waals surface area contributed by atoms with Crippen LogP contribution in [0.1, 0.15) is 28.2 Å². The van der Waals surface area contributed by atoms with Crippen molar-refractivity contribution in [3.05, 3.63) is 17.0 Å². The van der Waals surface area contributed by atoms with Gasteiger partial charge in [0.1, 0.15) is 5.69 Å². The topological polar surface area (TPSA) is 34.9 Å². The SMILES string of the molecule is Cn1nc(C(F)(F)F)c2c1C(=O)CC2(F)F. The number of rotatable bonds is 0.